The second kappa shape index (κ2) is 36.9. The summed E-state index contributed by atoms with van der Waals surface area (Å²) in [5.74, 6) is 1.67. The average molecular weight is 1980 g/mol. The SMILES string of the molecule is Brc1cc2c(ccc3c4cc(Br)oc4ccc23)o1.CC(C)(C)c1ccc(N(c2ccc(-c3ccccc3)cc2)c2ccc3cc(-c4cc5c(ccc6c7cc(-c8ccc9cc(N(c%10ccc(-c%11ccccc%11)cc%10)c%10ccc(C(C)(C)C)cc%10)ccc9c8)oc7ccc56)o4)ccc3c2)cc1.CC(C)(C)c1ccc(N(c2ccc(-c3ccccc3)cc2)c2ccc3cc(B4OC(C)(C)C(C)(C)O4)ccc3c2)cc1. The summed E-state index contributed by atoms with van der Waals surface area (Å²) in [6.07, 6.45) is 0. The molecular weight excluding hydrogens is 1870 g/mol. The quantitative estimate of drug-likeness (QED) is 0.0933. The highest BCUT2D eigenvalue weighted by molar-refractivity contribution is 9.10. The molecule has 24 rings (SSSR count). The Labute approximate surface area is 846 Å². The number of hydrogen-bond donors (Lipinski definition) is 0. The van der Waals surface area contributed by atoms with Crippen molar-refractivity contribution in [2.45, 2.75) is 117 Å². The molecule has 0 amide bonds. The van der Waals surface area contributed by atoms with Crippen molar-refractivity contribution in [3.05, 3.63) is 445 Å². The molecule has 696 valence electrons. The van der Waals surface area contributed by atoms with Crippen molar-refractivity contribution in [2.75, 3.05) is 14.7 Å². The second-order valence-corrected chi connectivity index (χ2v) is 43.0. The molecule has 0 saturated carbocycles. The van der Waals surface area contributed by atoms with Crippen LogP contribution in [0.4, 0.5) is 51.2 Å². The van der Waals surface area contributed by atoms with Crippen LogP contribution in [0.3, 0.4) is 0 Å². The molecule has 12 heteroatoms. The van der Waals surface area contributed by atoms with Crippen LogP contribution < -0.4 is 20.2 Å². The molecule has 0 unspecified atom stereocenters. The fraction of sp³-hybridized carbons (Fsp3) is 0.138. The zero-order valence-corrected chi connectivity index (χ0v) is 85.1. The summed E-state index contributed by atoms with van der Waals surface area (Å²) < 4.78 is 38.6. The summed E-state index contributed by atoms with van der Waals surface area (Å²) in [6.45, 7) is 28.7. The number of benzene rings is 19. The molecule has 0 N–H and O–H groups in total. The molecular formula is C130H108BBr2N3O6. The van der Waals surface area contributed by atoms with E-state index in [-0.39, 0.29) is 34.6 Å². The van der Waals surface area contributed by atoms with Gasteiger partial charge in [0.1, 0.15) is 33.9 Å². The Bertz CT molecular complexity index is 8260. The highest BCUT2D eigenvalue weighted by Crippen LogP contribution is 2.48. The van der Waals surface area contributed by atoms with Gasteiger partial charge in [0.2, 0.25) is 0 Å². The minimum Gasteiger partial charge on any atom is -0.456 e. The molecule has 1 saturated heterocycles. The van der Waals surface area contributed by atoms with Gasteiger partial charge in [-0.15, -0.1) is 0 Å². The van der Waals surface area contributed by atoms with E-state index in [0.717, 1.165) is 170 Å². The van der Waals surface area contributed by atoms with Crippen molar-refractivity contribution in [1.29, 1.82) is 0 Å². The molecule has 0 bridgehead atoms. The van der Waals surface area contributed by atoms with Crippen molar-refractivity contribution in [1.82, 2.24) is 0 Å². The second-order valence-electron chi connectivity index (χ2n) is 41.4. The van der Waals surface area contributed by atoms with E-state index in [9.17, 15) is 0 Å². The van der Waals surface area contributed by atoms with Gasteiger partial charge in [-0.05, 0) is 379 Å². The Morgan fingerprint density at radius 1 is 0.211 bits per heavy atom. The maximum atomic E-state index is 6.67. The van der Waals surface area contributed by atoms with E-state index in [1.54, 1.807) is 0 Å². The van der Waals surface area contributed by atoms with E-state index < -0.39 is 0 Å². The van der Waals surface area contributed by atoms with Crippen molar-refractivity contribution >= 4 is 193 Å². The van der Waals surface area contributed by atoms with Gasteiger partial charge in [0.05, 0.1) is 11.2 Å². The van der Waals surface area contributed by atoms with Crippen LogP contribution in [0.15, 0.2) is 446 Å². The van der Waals surface area contributed by atoms with E-state index in [4.69, 9.17) is 27.0 Å². The van der Waals surface area contributed by atoms with Crippen LogP contribution in [0.2, 0.25) is 0 Å². The molecule has 1 fully saturated rings. The zero-order valence-electron chi connectivity index (χ0n) is 82.0. The van der Waals surface area contributed by atoms with Crippen molar-refractivity contribution in [3.63, 3.8) is 0 Å². The summed E-state index contributed by atoms with van der Waals surface area (Å²) in [5, 5.41) is 15.9. The normalized spacial score (nSPS) is 13.2. The van der Waals surface area contributed by atoms with Gasteiger partial charge in [0.25, 0.3) is 0 Å². The molecule has 4 aromatic heterocycles. The number of rotatable bonds is 15. The first-order chi connectivity index (χ1) is 68.5. The summed E-state index contributed by atoms with van der Waals surface area (Å²) >= 11 is 6.74. The van der Waals surface area contributed by atoms with Gasteiger partial charge in [-0.1, -0.05) is 287 Å². The van der Waals surface area contributed by atoms with Gasteiger partial charge in [0, 0.05) is 83.9 Å². The maximum Gasteiger partial charge on any atom is 0.494 e. The lowest BCUT2D eigenvalue weighted by molar-refractivity contribution is 0.00578. The lowest BCUT2D eigenvalue weighted by Gasteiger charge is -2.32. The lowest BCUT2D eigenvalue weighted by Crippen LogP contribution is -2.41. The highest BCUT2D eigenvalue weighted by Gasteiger charge is 2.52. The number of nitrogens with zero attached hydrogens (tertiary/aromatic N) is 3. The smallest absolute Gasteiger partial charge is 0.456 e. The first-order valence-corrected chi connectivity index (χ1v) is 50.3. The Kier molecular flexibility index (Phi) is 23.9. The topological polar surface area (TPSA) is 80.7 Å². The Balaban J connectivity index is 0.000000158. The largest absolute Gasteiger partial charge is 0.494 e. The fourth-order valence-electron chi connectivity index (χ4n) is 19.7. The Morgan fingerprint density at radius 3 is 0.754 bits per heavy atom. The highest BCUT2D eigenvalue weighted by atomic mass is 79.9. The minimum absolute atomic E-state index is 0.0579. The predicted octanol–water partition coefficient (Wildman–Crippen LogP) is 38.3. The standard InChI is InChI=1S/C78H62N2O2.C38H40BNO2.C14H6Br2O2/c1-77(2,3)61-27-37-65(38-28-61)79(63-31-21-53(22-32-63)51-13-9-7-10-14-51)67-35-25-55-45-59(19-17-57(55)47-67)75-49-71-69-42-44-74-72(70(69)41-43-73(71)81-75)50-76(82-74)60-20-18-58-48-68(36-26-56(58)46-60)80(66-39-29-62(30-40-66)78(4,5)6)64-33-23-54(24-34-64)52-15-11-8-12-16-52;1-36(2,3)31-17-23-34(24-18-31)40(33-20-14-28(15-21-33)27-11-9-8-10-12-27)35-22-16-29-25-32(19-13-30(29)26-35)39-41-37(4,5)38(6,7)42-39;15-13-5-9-7-1-3-11-10(6-14(16)17-11)8(7)2-4-12(9)18-13/h7-50H,1-6H3;8-26H,1-7H3;1-6H. The molecule has 0 aliphatic carbocycles. The van der Waals surface area contributed by atoms with Crippen LogP contribution >= 0.6 is 31.9 Å². The Hall–Kier alpha value is -15.0. The third-order valence-corrected chi connectivity index (χ3v) is 29.1. The van der Waals surface area contributed by atoms with Gasteiger partial charge >= 0.3 is 7.12 Å². The number of anilines is 9. The minimum atomic E-state index is -0.375. The van der Waals surface area contributed by atoms with Crippen LogP contribution in [0.5, 0.6) is 0 Å². The molecule has 1 aliphatic heterocycles. The lowest BCUT2D eigenvalue weighted by atomic mass is 9.78. The molecule has 5 heterocycles. The van der Waals surface area contributed by atoms with Crippen LogP contribution in [-0.2, 0) is 25.6 Å². The first kappa shape index (κ1) is 92.0. The summed E-state index contributed by atoms with van der Waals surface area (Å²) in [7, 11) is -0.375. The van der Waals surface area contributed by atoms with Gasteiger partial charge in [-0.25, -0.2) is 0 Å². The number of furan rings is 4. The van der Waals surface area contributed by atoms with Crippen molar-refractivity contribution in [2.24, 2.45) is 0 Å². The average Bonchev–Trinajstić information content (AvgIpc) is 1.60. The van der Waals surface area contributed by atoms with E-state index in [1.165, 1.54) is 66.2 Å². The number of hydrogen-bond acceptors (Lipinski definition) is 9. The number of halogens is 2. The van der Waals surface area contributed by atoms with E-state index in [1.807, 2.05) is 24.3 Å². The molecule has 142 heavy (non-hydrogen) atoms. The summed E-state index contributed by atoms with van der Waals surface area (Å²) in [5.41, 5.74) is 27.2. The van der Waals surface area contributed by atoms with Gasteiger partial charge in [-0.2, -0.15) is 0 Å². The summed E-state index contributed by atoms with van der Waals surface area (Å²) in [4.78, 5) is 7.04. The predicted molar refractivity (Wildman–Crippen MR) is 604 cm³/mol. The fourth-order valence-corrected chi connectivity index (χ4v) is 20.5. The first-order valence-electron chi connectivity index (χ1n) is 48.7. The van der Waals surface area contributed by atoms with Crippen LogP contribution in [0.25, 0.3) is 154 Å². The number of fused-ring (bicyclic) bond motifs is 13. The van der Waals surface area contributed by atoms with Crippen LogP contribution in [-0.4, -0.2) is 18.3 Å². The van der Waals surface area contributed by atoms with E-state index in [2.05, 4.69) is 531 Å². The van der Waals surface area contributed by atoms with E-state index >= 15 is 0 Å². The molecule has 9 nitrogen and oxygen atoms in total. The third-order valence-electron chi connectivity index (χ3n) is 28.4. The summed E-state index contributed by atoms with van der Waals surface area (Å²) in [6, 6.07) is 150. The molecule has 19 aromatic carbocycles. The monoisotopic (exact) mass is 1980 g/mol. The molecule has 0 atom stereocenters. The Morgan fingerprint density at radius 2 is 0.451 bits per heavy atom. The molecule has 0 radical (unpaired) electrons. The van der Waals surface area contributed by atoms with Crippen molar-refractivity contribution < 1.29 is 27.0 Å². The van der Waals surface area contributed by atoms with Gasteiger partial charge < -0.3 is 41.7 Å². The van der Waals surface area contributed by atoms with Gasteiger partial charge in [0.15, 0.2) is 9.34 Å². The third kappa shape index (κ3) is 18.3. The van der Waals surface area contributed by atoms with Gasteiger partial charge in [-0.3, -0.25) is 0 Å². The van der Waals surface area contributed by atoms with Crippen LogP contribution in [0.1, 0.15) is 107 Å². The molecule has 1 aliphatic rings. The van der Waals surface area contributed by atoms with E-state index in [0.29, 0.717) is 0 Å². The molecule has 0 spiro atoms. The van der Waals surface area contributed by atoms with Crippen LogP contribution in [0, 0.1) is 0 Å². The maximum absolute atomic E-state index is 6.67. The molecule has 23 aromatic rings. The van der Waals surface area contributed by atoms with Crippen molar-refractivity contribution in [3.8, 4) is 56.0 Å². The zero-order chi connectivity index (χ0) is 97.7.